The summed E-state index contributed by atoms with van der Waals surface area (Å²) >= 11 is 0. The van der Waals surface area contributed by atoms with E-state index >= 15 is 0 Å². The van der Waals surface area contributed by atoms with Gasteiger partial charge in [0.25, 0.3) is 0 Å². The number of aliphatic hydroxyl groups excluding tert-OH is 1. The van der Waals surface area contributed by atoms with Crippen LogP contribution in [0.4, 0.5) is 0 Å². The second kappa shape index (κ2) is 11.6. The van der Waals surface area contributed by atoms with Crippen LogP contribution in [0.3, 0.4) is 0 Å². The minimum atomic E-state index is -1.86. The maximum atomic E-state index is 12.1. The second-order valence-corrected chi connectivity index (χ2v) is 17.2. The first kappa shape index (κ1) is 30.2. The van der Waals surface area contributed by atoms with E-state index in [0.29, 0.717) is 25.9 Å². The van der Waals surface area contributed by atoms with Crippen molar-refractivity contribution in [3.63, 3.8) is 0 Å². The zero-order valence-corrected chi connectivity index (χ0v) is 23.9. The molecule has 0 aromatic heterocycles. The molecule has 202 valence electrons. The third-order valence-electron chi connectivity index (χ3n) is 7.61. The summed E-state index contributed by atoms with van der Waals surface area (Å²) in [4.78, 5) is 12.1. The molecule has 2 N–H and O–H groups in total. The molecule has 7 nitrogen and oxygen atoms in total. The summed E-state index contributed by atoms with van der Waals surface area (Å²) in [5.74, 6) is -1.43. The van der Waals surface area contributed by atoms with Gasteiger partial charge in [0.1, 0.15) is 6.61 Å². The van der Waals surface area contributed by atoms with E-state index in [1.807, 2.05) is 0 Å². The summed E-state index contributed by atoms with van der Waals surface area (Å²) in [6, 6.07) is 0. The number of hydrogen-bond acceptors (Lipinski definition) is 7. The molecule has 2 aliphatic heterocycles. The predicted octanol–water partition coefficient (Wildman–Crippen LogP) is 4.88. The summed E-state index contributed by atoms with van der Waals surface area (Å²) in [7, 11) is -1.86. The fraction of sp³-hybridized carbons (Fsp3) is 0.815. The fourth-order valence-corrected chi connectivity index (χ4v) is 5.76. The number of esters is 1. The lowest BCUT2D eigenvalue weighted by Gasteiger charge is -2.51. The largest absolute Gasteiger partial charge is 0.461 e. The molecule has 2 aliphatic rings. The SMILES string of the molecule is C=CCOC(=O)C[C@H]1C[C@H](O)C[C@@]2(C[C@@](C)(O)C[C@H](CC(=C)[C@@H](C)CO[Si](C)(C)C(C)(C)C)O2)O1. The monoisotopic (exact) mass is 512 g/mol. The average Bonchev–Trinajstić information content (AvgIpc) is 2.67. The molecule has 0 amide bonds. The summed E-state index contributed by atoms with van der Waals surface area (Å²) in [6.07, 6.45) is 1.73. The highest BCUT2D eigenvalue weighted by atomic mass is 28.4. The first-order chi connectivity index (χ1) is 16.0. The van der Waals surface area contributed by atoms with E-state index in [1.165, 1.54) is 6.08 Å². The van der Waals surface area contributed by atoms with E-state index in [4.69, 9.17) is 18.6 Å². The van der Waals surface area contributed by atoms with Crippen LogP contribution in [0, 0.1) is 5.92 Å². The molecule has 8 heteroatoms. The van der Waals surface area contributed by atoms with Gasteiger partial charge in [-0.1, -0.05) is 52.5 Å². The van der Waals surface area contributed by atoms with Gasteiger partial charge < -0.3 is 28.8 Å². The van der Waals surface area contributed by atoms with Crippen molar-refractivity contribution in [1.29, 1.82) is 0 Å². The quantitative estimate of drug-likeness (QED) is 0.245. The number of rotatable bonds is 10. The van der Waals surface area contributed by atoms with Crippen molar-refractivity contribution in [1.82, 2.24) is 0 Å². The molecule has 35 heavy (non-hydrogen) atoms. The highest BCUT2D eigenvalue weighted by Gasteiger charge is 2.52. The van der Waals surface area contributed by atoms with Crippen molar-refractivity contribution in [3.8, 4) is 0 Å². The van der Waals surface area contributed by atoms with E-state index in [1.54, 1.807) is 6.92 Å². The number of ether oxygens (including phenoxy) is 3. The standard InChI is InChI=1S/C27H48O7Si/c1-10-11-31-24(29)14-22-13-21(28)15-27(33-22)18-26(7,30)16-23(34-27)12-19(2)20(3)17-32-35(8,9)25(4,5)6/h10,20-23,28,30H,1-2,11-18H2,3-9H3/t20-,21-,22+,23-,26-,27+/m0/s1. The normalized spacial score (nSPS) is 32.8. The van der Waals surface area contributed by atoms with Gasteiger partial charge in [-0.25, -0.2) is 0 Å². The Kier molecular flexibility index (Phi) is 9.98. The Bertz CT molecular complexity index is 757. The molecule has 0 radical (unpaired) electrons. The van der Waals surface area contributed by atoms with Crippen LogP contribution < -0.4 is 0 Å². The lowest BCUT2D eigenvalue weighted by atomic mass is 9.80. The van der Waals surface area contributed by atoms with Gasteiger partial charge in [-0.2, -0.15) is 0 Å². The van der Waals surface area contributed by atoms with Crippen LogP contribution in [0.2, 0.25) is 18.1 Å². The summed E-state index contributed by atoms with van der Waals surface area (Å²) in [6.45, 7) is 23.6. The van der Waals surface area contributed by atoms with E-state index in [2.05, 4.69) is 53.9 Å². The fourth-order valence-electron chi connectivity index (χ4n) is 4.66. The Morgan fingerprint density at radius 1 is 1.23 bits per heavy atom. The average molecular weight is 513 g/mol. The summed E-state index contributed by atoms with van der Waals surface area (Å²) in [5, 5.41) is 21.8. The summed E-state index contributed by atoms with van der Waals surface area (Å²) < 4.78 is 24.2. The van der Waals surface area contributed by atoms with Crippen LogP contribution in [-0.2, 0) is 23.4 Å². The highest BCUT2D eigenvalue weighted by molar-refractivity contribution is 6.74. The highest BCUT2D eigenvalue weighted by Crippen LogP contribution is 2.45. The van der Waals surface area contributed by atoms with Crippen LogP contribution in [-0.4, -0.2) is 67.4 Å². The first-order valence-electron chi connectivity index (χ1n) is 12.8. The van der Waals surface area contributed by atoms with Gasteiger partial charge in [0.2, 0.25) is 0 Å². The Balaban J connectivity index is 2.04. The number of carbonyl (C=O) groups excluding carboxylic acids is 1. The Morgan fingerprint density at radius 2 is 1.86 bits per heavy atom. The zero-order valence-electron chi connectivity index (χ0n) is 22.9. The molecule has 2 saturated heterocycles. The van der Waals surface area contributed by atoms with Gasteiger partial charge in [-0.3, -0.25) is 4.79 Å². The molecule has 1 spiro atoms. The lowest BCUT2D eigenvalue weighted by Crippen LogP contribution is -2.58. The molecule has 0 aliphatic carbocycles. The van der Waals surface area contributed by atoms with Crippen LogP contribution in [0.5, 0.6) is 0 Å². The lowest BCUT2D eigenvalue weighted by molar-refractivity contribution is -0.349. The molecular weight excluding hydrogens is 464 g/mol. The number of carbonyl (C=O) groups is 1. The smallest absolute Gasteiger partial charge is 0.308 e. The zero-order chi connectivity index (χ0) is 26.7. The van der Waals surface area contributed by atoms with Crippen LogP contribution in [0.15, 0.2) is 24.8 Å². The third kappa shape index (κ3) is 8.79. The van der Waals surface area contributed by atoms with E-state index in [0.717, 1.165) is 5.57 Å². The van der Waals surface area contributed by atoms with Crippen molar-refractivity contribution in [2.45, 2.75) is 121 Å². The Labute approximate surface area is 213 Å². The van der Waals surface area contributed by atoms with E-state index < -0.39 is 37.9 Å². The van der Waals surface area contributed by atoms with Crippen molar-refractivity contribution < 1.29 is 33.6 Å². The topological polar surface area (TPSA) is 94.5 Å². The van der Waals surface area contributed by atoms with Gasteiger partial charge >= 0.3 is 5.97 Å². The Hall–Kier alpha value is -1.03. The van der Waals surface area contributed by atoms with Gasteiger partial charge in [0.05, 0.1) is 30.3 Å². The summed E-state index contributed by atoms with van der Waals surface area (Å²) in [5.41, 5.74) is -0.0304. The molecule has 2 fully saturated rings. The van der Waals surface area contributed by atoms with Gasteiger partial charge in [0.15, 0.2) is 14.1 Å². The van der Waals surface area contributed by atoms with E-state index in [-0.39, 0.29) is 42.9 Å². The molecule has 0 bridgehead atoms. The molecule has 6 atom stereocenters. The van der Waals surface area contributed by atoms with Crippen molar-refractivity contribution in [2.24, 2.45) is 5.92 Å². The molecule has 2 rings (SSSR count). The second-order valence-electron chi connectivity index (χ2n) is 12.4. The van der Waals surface area contributed by atoms with Crippen molar-refractivity contribution >= 4 is 14.3 Å². The van der Waals surface area contributed by atoms with Crippen molar-refractivity contribution in [3.05, 3.63) is 24.8 Å². The first-order valence-corrected chi connectivity index (χ1v) is 15.7. The van der Waals surface area contributed by atoms with Gasteiger partial charge in [0, 0.05) is 32.3 Å². The molecule has 0 saturated carbocycles. The van der Waals surface area contributed by atoms with Crippen LogP contribution >= 0.6 is 0 Å². The third-order valence-corrected chi connectivity index (χ3v) is 12.1. The minimum Gasteiger partial charge on any atom is -0.461 e. The molecule has 0 aromatic carbocycles. The van der Waals surface area contributed by atoms with Crippen molar-refractivity contribution in [2.75, 3.05) is 13.2 Å². The van der Waals surface area contributed by atoms with Gasteiger partial charge in [-0.15, -0.1) is 0 Å². The maximum Gasteiger partial charge on any atom is 0.308 e. The molecule has 2 heterocycles. The number of aliphatic hydroxyl groups is 2. The van der Waals surface area contributed by atoms with Crippen LogP contribution in [0.25, 0.3) is 0 Å². The Morgan fingerprint density at radius 3 is 2.46 bits per heavy atom. The van der Waals surface area contributed by atoms with Gasteiger partial charge in [-0.05, 0) is 37.4 Å². The van der Waals surface area contributed by atoms with E-state index in [9.17, 15) is 15.0 Å². The maximum absolute atomic E-state index is 12.1. The minimum absolute atomic E-state index is 0.0113. The van der Waals surface area contributed by atoms with Crippen LogP contribution in [0.1, 0.15) is 73.1 Å². The predicted molar refractivity (Wildman–Crippen MR) is 139 cm³/mol. The number of hydrogen-bond donors (Lipinski definition) is 2. The molecule has 0 unspecified atom stereocenters. The molecule has 0 aromatic rings. The molecular formula is C27H48O7Si.